The lowest BCUT2D eigenvalue weighted by atomic mass is 9.95. The van der Waals surface area contributed by atoms with E-state index in [2.05, 4.69) is 4.98 Å². The number of nitrogens with zero attached hydrogens (tertiary/aromatic N) is 2. The Hall–Kier alpha value is -3.44. The smallest absolute Gasteiger partial charge is 0.300 e. The van der Waals surface area contributed by atoms with E-state index >= 15 is 0 Å². The van der Waals surface area contributed by atoms with E-state index in [1.807, 2.05) is 0 Å². The minimum absolute atomic E-state index is 0.00634. The summed E-state index contributed by atoms with van der Waals surface area (Å²) in [5.41, 5.74) is 1.43. The molecular formula is C22H15ClN2O3. The molecule has 1 saturated heterocycles. The van der Waals surface area contributed by atoms with Gasteiger partial charge < -0.3 is 5.11 Å². The summed E-state index contributed by atoms with van der Waals surface area (Å²) in [6, 6.07) is 18.1. The molecule has 0 aliphatic carbocycles. The van der Waals surface area contributed by atoms with Crippen molar-refractivity contribution in [3.05, 3.63) is 101 Å². The Bertz CT molecular complexity index is 1080. The monoisotopic (exact) mass is 390 g/mol. The summed E-state index contributed by atoms with van der Waals surface area (Å²) in [5.74, 6) is -1.75. The normalized spacial score (nSPS) is 18.5. The van der Waals surface area contributed by atoms with E-state index in [0.717, 1.165) is 0 Å². The van der Waals surface area contributed by atoms with E-state index in [9.17, 15) is 14.7 Å². The number of halogens is 1. The van der Waals surface area contributed by atoms with Gasteiger partial charge in [0.05, 0.1) is 23.5 Å². The van der Waals surface area contributed by atoms with Crippen LogP contribution in [0.4, 0.5) is 5.69 Å². The predicted molar refractivity (Wildman–Crippen MR) is 107 cm³/mol. The van der Waals surface area contributed by atoms with Crippen molar-refractivity contribution < 1.29 is 14.7 Å². The molecule has 3 aromatic rings. The predicted octanol–water partition coefficient (Wildman–Crippen LogP) is 4.36. The average molecular weight is 391 g/mol. The summed E-state index contributed by atoms with van der Waals surface area (Å²) in [6.07, 6.45) is 3.08. The number of aliphatic hydroxyl groups excluding tert-OH is 1. The topological polar surface area (TPSA) is 70.5 Å². The number of Topliss-reactive ketones (excluding diaryl/α,β-unsaturated/α-hetero) is 1. The van der Waals surface area contributed by atoms with Gasteiger partial charge in [0, 0.05) is 16.8 Å². The van der Waals surface area contributed by atoms with Crippen LogP contribution in [0.2, 0.25) is 5.02 Å². The molecule has 2 heterocycles. The number of carbonyl (C=O) groups is 2. The maximum absolute atomic E-state index is 12.9. The summed E-state index contributed by atoms with van der Waals surface area (Å²) >= 11 is 6.40. The van der Waals surface area contributed by atoms with Crippen LogP contribution < -0.4 is 4.90 Å². The zero-order valence-corrected chi connectivity index (χ0v) is 15.4. The molecule has 0 saturated carbocycles. The number of rotatable bonds is 3. The number of anilines is 1. The molecule has 1 N–H and O–H groups in total. The van der Waals surface area contributed by atoms with E-state index in [4.69, 9.17) is 11.6 Å². The van der Waals surface area contributed by atoms with E-state index in [1.165, 1.54) is 11.1 Å². The highest BCUT2D eigenvalue weighted by Crippen LogP contribution is 2.43. The molecule has 1 fully saturated rings. The number of hydrogen-bond donors (Lipinski definition) is 1. The summed E-state index contributed by atoms with van der Waals surface area (Å²) < 4.78 is 0. The molecule has 1 aliphatic rings. The fourth-order valence-corrected chi connectivity index (χ4v) is 3.58. The van der Waals surface area contributed by atoms with Crippen LogP contribution >= 0.6 is 11.6 Å². The van der Waals surface area contributed by atoms with Crippen LogP contribution in [0.5, 0.6) is 0 Å². The van der Waals surface area contributed by atoms with Crippen molar-refractivity contribution in [2.45, 2.75) is 6.04 Å². The van der Waals surface area contributed by atoms with Crippen LogP contribution in [0.1, 0.15) is 17.2 Å². The molecule has 0 unspecified atom stereocenters. The number of aliphatic hydroxyl groups is 1. The van der Waals surface area contributed by atoms with Gasteiger partial charge in [-0.15, -0.1) is 0 Å². The Labute approximate surface area is 166 Å². The standard InChI is InChI=1S/C22H15ClN2O3/c23-17-11-5-4-10-16(17)19-18(20(26)14-7-2-1-3-8-14)21(27)22(28)25(19)15-9-6-12-24-13-15/h1-13,19,26H/t19-/m1/s1. The lowest BCUT2D eigenvalue weighted by Gasteiger charge is -2.25. The van der Waals surface area contributed by atoms with Crippen LogP contribution in [0.25, 0.3) is 5.76 Å². The van der Waals surface area contributed by atoms with Crippen molar-refractivity contribution in [3.63, 3.8) is 0 Å². The van der Waals surface area contributed by atoms with Gasteiger partial charge in [-0.25, -0.2) is 0 Å². The number of ketones is 1. The molecule has 2 aromatic carbocycles. The fraction of sp³-hybridized carbons (Fsp3) is 0.0455. The van der Waals surface area contributed by atoms with E-state index in [0.29, 0.717) is 21.8 Å². The summed E-state index contributed by atoms with van der Waals surface area (Å²) in [6.45, 7) is 0. The second-order valence-electron chi connectivity index (χ2n) is 6.27. The van der Waals surface area contributed by atoms with Crippen molar-refractivity contribution in [2.24, 2.45) is 0 Å². The van der Waals surface area contributed by atoms with Gasteiger partial charge in [0.1, 0.15) is 5.76 Å². The van der Waals surface area contributed by atoms with Gasteiger partial charge in [0.2, 0.25) is 0 Å². The van der Waals surface area contributed by atoms with Gasteiger partial charge in [-0.2, -0.15) is 0 Å². The number of pyridine rings is 1. The van der Waals surface area contributed by atoms with Crippen LogP contribution in [-0.4, -0.2) is 21.8 Å². The van der Waals surface area contributed by atoms with E-state index < -0.39 is 17.7 Å². The third-order valence-electron chi connectivity index (χ3n) is 4.62. The highest BCUT2D eigenvalue weighted by molar-refractivity contribution is 6.52. The number of hydrogen-bond acceptors (Lipinski definition) is 4. The van der Waals surface area contributed by atoms with E-state index in [-0.39, 0.29) is 11.3 Å². The second kappa shape index (κ2) is 7.29. The number of benzene rings is 2. The first-order chi connectivity index (χ1) is 13.6. The molecule has 138 valence electrons. The molecule has 6 heteroatoms. The maximum Gasteiger partial charge on any atom is 0.300 e. The Morgan fingerprint density at radius 2 is 1.68 bits per heavy atom. The molecule has 1 amide bonds. The Kier molecular flexibility index (Phi) is 4.67. The largest absolute Gasteiger partial charge is 0.507 e. The highest BCUT2D eigenvalue weighted by Gasteiger charge is 2.47. The molecule has 28 heavy (non-hydrogen) atoms. The van der Waals surface area contributed by atoms with Crippen molar-refractivity contribution in [2.75, 3.05) is 4.90 Å². The first kappa shape index (κ1) is 17.9. The Balaban J connectivity index is 1.98. The van der Waals surface area contributed by atoms with Crippen molar-refractivity contribution in [3.8, 4) is 0 Å². The van der Waals surface area contributed by atoms with Gasteiger partial charge >= 0.3 is 0 Å². The van der Waals surface area contributed by atoms with Gasteiger partial charge in [0.25, 0.3) is 11.7 Å². The molecule has 1 atom stereocenters. The number of carbonyl (C=O) groups excluding carboxylic acids is 2. The molecule has 1 aromatic heterocycles. The Morgan fingerprint density at radius 3 is 2.36 bits per heavy atom. The van der Waals surface area contributed by atoms with Crippen molar-refractivity contribution in [1.82, 2.24) is 4.98 Å². The molecule has 1 aliphatic heterocycles. The maximum atomic E-state index is 12.9. The molecule has 0 radical (unpaired) electrons. The van der Waals surface area contributed by atoms with Crippen LogP contribution in [-0.2, 0) is 9.59 Å². The zero-order chi connectivity index (χ0) is 19.7. The number of amides is 1. The fourth-order valence-electron chi connectivity index (χ4n) is 3.34. The van der Waals surface area contributed by atoms with Crippen LogP contribution in [0, 0.1) is 0 Å². The molecule has 5 nitrogen and oxygen atoms in total. The first-order valence-electron chi connectivity index (χ1n) is 8.60. The highest BCUT2D eigenvalue weighted by atomic mass is 35.5. The zero-order valence-electron chi connectivity index (χ0n) is 14.6. The average Bonchev–Trinajstić information content (AvgIpc) is 3.00. The Morgan fingerprint density at radius 1 is 0.964 bits per heavy atom. The van der Waals surface area contributed by atoms with Crippen molar-refractivity contribution in [1.29, 1.82) is 0 Å². The molecular weight excluding hydrogens is 376 g/mol. The quantitative estimate of drug-likeness (QED) is 0.410. The van der Waals surface area contributed by atoms with Crippen LogP contribution in [0.15, 0.2) is 84.7 Å². The minimum Gasteiger partial charge on any atom is -0.507 e. The van der Waals surface area contributed by atoms with E-state index in [1.54, 1.807) is 72.9 Å². The van der Waals surface area contributed by atoms with Gasteiger partial charge in [-0.3, -0.25) is 19.5 Å². The first-order valence-corrected chi connectivity index (χ1v) is 8.98. The van der Waals surface area contributed by atoms with Crippen molar-refractivity contribution >= 4 is 34.7 Å². The third kappa shape index (κ3) is 2.96. The minimum atomic E-state index is -0.863. The molecule has 0 bridgehead atoms. The van der Waals surface area contributed by atoms with Crippen LogP contribution in [0.3, 0.4) is 0 Å². The lowest BCUT2D eigenvalue weighted by molar-refractivity contribution is -0.132. The lowest BCUT2D eigenvalue weighted by Crippen LogP contribution is -2.29. The summed E-state index contributed by atoms with van der Waals surface area (Å²) in [4.78, 5) is 31.2. The van der Waals surface area contributed by atoms with Gasteiger partial charge in [0.15, 0.2) is 0 Å². The second-order valence-corrected chi connectivity index (χ2v) is 6.68. The van der Waals surface area contributed by atoms with Gasteiger partial charge in [-0.1, -0.05) is 60.1 Å². The van der Waals surface area contributed by atoms with Gasteiger partial charge in [-0.05, 0) is 23.8 Å². The number of aromatic nitrogens is 1. The third-order valence-corrected chi connectivity index (χ3v) is 4.96. The summed E-state index contributed by atoms with van der Waals surface area (Å²) in [5, 5.41) is 11.3. The SMILES string of the molecule is O=C1C(=O)N(c2cccnc2)[C@H](c2ccccc2Cl)C1=C(O)c1ccccc1. The molecule has 0 spiro atoms. The molecule has 4 rings (SSSR count). The summed E-state index contributed by atoms with van der Waals surface area (Å²) in [7, 11) is 0.